The van der Waals surface area contributed by atoms with Crippen LogP contribution in [0.3, 0.4) is 0 Å². The van der Waals surface area contributed by atoms with Crippen LogP contribution < -0.4 is 11.5 Å². The van der Waals surface area contributed by atoms with Crippen molar-refractivity contribution in [3.8, 4) is 0 Å². The van der Waals surface area contributed by atoms with Crippen LogP contribution in [-0.2, 0) is 0 Å². The quantitative estimate of drug-likeness (QED) is 0.592. The summed E-state index contributed by atoms with van der Waals surface area (Å²) < 4.78 is 0. The number of hydrogen-bond acceptors (Lipinski definition) is 3. The van der Waals surface area contributed by atoms with Crippen LogP contribution in [0, 0.1) is 0 Å². The van der Waals surface area contributed by atoms with Crippen molar-refractivity contribution in [2.24, 2.45) is 5.73 Å². The van der Waals surface area contributed by atoms with Gasteiger partial charge in [-0.2, -0.15) is 0 Å². The van der Waals surface area contributed by atoms with E-state index in [1.807, 2.05) is 0 Å². The van der Waals surface area contributed by atoms with Crippen molar-refractivity contribution in [2.75, 3.05) is 5.73 Å². The third-order valence-corrected chi connectivity index (χ3v) is 1.83. The Morgan fingerprint density at radius 3 is 2.54 bits per heavy atom. The summed E-state index contributed by atoms with van der Waals surface area (Å²) in [5.41, 5.74) is 12.3. The zero-order valence-electron chi connectivity index (χ0n) is 7.32. The van der Waals surface area contributed by atoms with Crippen LogP contribution in [-0.4, -0.2) is 11.1 Å². The summed E-state index contributed by atoms with van der Waals surface area (Å²) in [6.45, 7) is 1.71. The number of anilines is 1. The molecule has 0 spiro atoms. The molecule has 0 unspecified atom stereocenters. The first-order valence-electron chi connectivity index (χ1n) is 3.91. The van der Waals surface area contributed by atoms with Gasteiger partial charge in [0, 0.05) is 17.3 Å². The monoisotopic (exact) mass is 180 g/mol. The summed E-state index contributed by atoms with van der Waals surface area (Å²) >= 11 is 0. The molecular formula is C9H12N2O2. The lowest BCUT2D eigenvalue weighted by molar-refractivity contribution is 0.0695. The summed E-state index contributed by atoms with van der Waals surface area (Å²) in [6, 6.07) is 4.37. The molecule has 4 heteroatoms. The molecule has 13 heavy (non-hydrogen) atoms. The standard InChI is InChI=1S/C9H12N2O2/c1-5(10)8-6(9(12)13)3-2-4-7(8)11/h2-5H,10-11H2,1H3,(H,12,13)/t5-/m1/s1. The Morgan fingerprint density at radius 2 is 2.15 bits per heavy atom. The van der Waals surface area contributed by atoms with E-state index in [1.54, 1.807) is 19.1 Å². The lowest BCUT2D eigenvalue weighted by Crippen LogP contribution is -2.14. The van der Waals surface area contributed by atoms with Crippen molar-refractivity contribution in [1.82, 2.24) is 0 Å². The highest BCUT2D eigenvalue weighted by Crippen LogP contribution is 2.22. The van der Waals surface area contributed by atoms with Crippen LogP contribution in [0.2, 0.25) is 0 Å². The Kier molecular flexibility index (Phi) is 2.53. The molecule has 1 aromatic carbocycles. The number of aromatic carboxylic acids is 1. The number of nitrogen functional groups attached to an aromatic ring is 1. The second kappa shape index (κ2) is 3.45. The van der Waals surface area contributed by atoms with Gasteiger partial charge in [-0.1, -0.05) is 6.07 Å². The highest BCUT2D eigenvalue weighted by atomic mass is 16.4. The second-order valence-corrected chi connectivity index (χ2v) is 2.90. The van der Waals surface area contributed by atoms with Gasteiger partial charge in [0.05, 0.1) is 5.56 Å². The molecule has 0 aliphatic carbocycles. The fraction of sp³-hybridized carbons (Fsp3) is 0.222. The third-order valence-electron chi connectivity index (χ3n) is 1.83. The fourth-order valence-electron chi connectivity index (χ4n) is 1.28. The molecule has 70 valence electrons. The van der Waals surface area contributed by atoms with Crippen LogP contribution in [0.25, 0.3) is 0 Å². The second-order valence-electron chi connectivity index (χ2n) is 2.90. The maximum absolute atomic E-state index is 10.8. The highest BCUT2D eigenvalue weighted by molar-refractivity contribution is 5.91. The van der Waals surface area contributed by atoms with Crippen molar-refractivity contribution in [1.29, 1.82) is 0 Å². The van der Waals surface area contributed by atoms with Crippen molar-refractivity contribution in [2.45, 2.75) is 13.0 Å². The largest absolute Gasteiger partial charge is 0.478 e. The first-order valence-corrected chi connectivity index (χ1v) is 3.91. The summed E-state index contributed by atoms with van der Waals surface area (Å²) in [4.78, 5) is 10.8. The topological polar surface area (TPSA) is 89.3 Å². The number of hydrogen-bond donors (Lipinski definition) is 3. The van der Waals surface area contributed by atoms with Gasteiger partial charge in [0.2, 0.25) is 0 Å². The van der Waals surface area contributed by atoms with Gasteiger partial charge in [0.15, 0.2) is 0 Å². The zero-order valence-corrected chi connectivity index (χ0v) is 7.32. The van der Waals surface area contributed by atoms with E-state index in [2.05, 4.69) is 0 Å². The number of nitrogens with two attached hydrogens (primary N) is 2. The van der Waals surface area contributed by atoms with Gasteiger partial charge < -0.3 is 16.6 Å². The summed E-state index contributed by atoms with van der Waals surface area (Å²) in [7, 11) is 0. The van der Waals surface area contributed by atoms with E-state index in [-0.39, 0.29) is 11.6 Å². The number of benzene rings is 1. The lowest BCUT2D eigenvalue weighted by atomic mass is 10.00. The Hall–Kier alpha value is -1.55. The number of carbonyl (C=O) groups is 1. The number of carboxylic acids is 1. The Labute approximate surface area is 76.2 Å². The predicted molar refractivity (Wildman–Crippen MR) is 50.4 cm³/mol. The summed E-state index contributed by atoms with van der Waals surface area (Å²) in [6.07, 6.45) is 0. The van der Waals surface area contributed by atoms with E-state index in [1.165, 1.54) is 6.07 Å². The molecule has 0 saturated carbocycles. The highest BCUT2D eigenvalue weighted by Gasteiger charge is 2.14. The van der Waals surface area contributed by atoms with E-state index in [0.29, 0.717) is 11.3 Å². The molecule has 0 aromatic heterocycles. The van der Waals surface area contributed by atoms with Gasteiger partial charge in [-0.3, -0.25) is 0 Å². The van der Waals surface area contributed by atoms with Crippen molar-refractivity contribution >= 4 is 11.7 Å². The van der Waals surface area contributed by atoms with Crippen molar-refractivity contribution in [3.63, 3.8) is 0 Å². The molecule has 5 N–H and O–H groups in total. The Morgan fingerprint density at radius 1 is 1.54 bits per heavy atom. The molecular weight excluding hydrogens is 168 g/mol. The van der Waals surface area contributed by atoms with E-state index < -0.39 is 5.97 Å². The molecule has 0 aliphatic rings. The predicted octanol–water partition coefficient (Wildman–Crippen LogP) is 0.987. The van der Waals surface area contributed by atoms with Gasteiger partial charge in [0.1, 0.15) is 0 Å². The smallest absolute Gasteiger partial charge is 0.336 e. The van der Waals surface area contributed by atoms with Gasteiger partial charge in [-0.05, 0) is 19.1 Å². The molecule has 0 fully saturated rings. The van der Waals surface area contributed by atoms with Crippen LogP contribution >= 0.6 is 0 Å². The minimum absolute atomic E-state index is 0.176. The molecule has 0 heterocycles. The first-order chi connectivity index (χ1) is 6.04. The molecule has 0 saturated heterocycles. The van der Waals surface area contributed by atoms with E-state index in [0.717, 1.165) is 0 Å². The molecule has 1 rings (SSSR count). The Balaban J connectivity index is 3.34. The molecule has 4 nitrogen and oxygen atoms in total. The SMILES string of the molecule is C[C@@H](N)c1c(N)cccc1C(=O)O. The van der Waals surface area contributed by atoms with Crippen LogP contribution in [0.1, 0.15) is 28.9 Å². The van der Waals surface area contributed by atoms with Gasteiger partial charge in [0.25, 0.3) is 0 Å². The third kappa shape index (κ3) is 1.78. The number of rotatable bonds is 2. The average Bonchev–Trinajstić information content (AvgIpc) is 2.02. The Bertz CT molecular complexity index is 334. The molecule has 0 bridgehead atoms. The zero-order chi connectivity index (χ0) is 10.0. The van der Waals surface area contributed by atoms with E-state index in [4.69, 9.17) is 16.6 Å². The fourth-order valence-corrected chi connectivity index (χ4v) is 1.28. The van der Waals surface area contributed by atoms with E-state index >= 15 is 0 Å². The van der Waals surface area contributed by atoms with Crippen molar-refractivity contribution in [3.05, 3.63) is 29.3 Å². The molecule has 1 atom stereocenters. The molecule has 0 aliphatic heterocycles. The molecule has 0 amide bonds. The lowest BCUT2D eigenvalue weighted by Gasteiger charge is -2.12. The first kappa shape index (κ1) is 9.54. The van der Waals surface area contributed by atoms with Crippen LogP contribution in [0.4, 0.5) is 5.69 Å². The summed E-state index contributed by atoms with van der Waals surface area (Å²) in [5.74, 6) is -1.00. The van der Waals surface area contributed by atoms with Crippen LogP contribution in [0.15, 0.2) is 18.2 Å². The average molecular weight is 180 g/mol. The number of carboxylic acid groups (broad SMARTS) is 1. The molecule has 0 radical (unpaired) electrons. The normalized spacial score (nSPS) is 12.5. The molecule has 1 aromatic rings. The minimum Gasteiger partial charge on any atom is -0.478 e. The maximum Gasteiger partial charge on any atom is 0.336 e. The van der Waals surface area contributed by atoms with Gasteiger partial charge in [-0.25, -0.2) is 4.79 Å². The van der Waals surface area contributed by atoms with E-state index in [9.17, 15) is 4.79 Å². The summed E-state index contributed by atoms with van der Waals surface area (Å²) in [5, 5.41) is 8.83. The minimum atomic E-state index is -1.00. The van der Waals surface area contributed by atoms with Gasteiger partial charge >= 0.3 is 5.97 Å². The van der Waals surface area contributed by atoms with Crippen molar-refractivity contribution < 1.29 is 9.90 Å². The maximum atomic E-state index is 10.8. The van der Waals surface area contributed by atoms with Crippen LogP contribution in [0.5, 0.6) is 0 Å². The van der Waals surface area contributed by atoms with Gasteiger partial charge in [-0.15, -0.1) is 0 Å².